The zero-order valence-corrected chi connectivity index (χ0v) is 6.55. The van der Waals surface area contributed by atoms with Crippen LogP contribution in [0, 0.1) is 0 Å². The van der Waals surface area contributed by atoms with Gasteiger partial charge in [0.2, 0.25) is 0 Å². The molecule has 1 heterocycles. The monoisotopic (exact) mass is 207 g/mol. The minimum atomic E-state index is -4.85. The van der Waals surface area contributed by atoms with Crippen molar-refractivity contribution in [2.45, 2.75) is 6.18 Å². The van der Waals surface area contributed by atoms with Crippen LogP contribution < -0.4 is 5.56 Å². The standard InChI is InChI=1S/C7H4F3NO3/c8-7(9,10)3-1-2-11-5(12)4(3)6(13)14/h1-2H,(H,11,12)(H,13,14). The van der Waals surface area contributed by atoms with E-state index in [2.05, 4.69) is 0 Å². The Morgan fingerprint density at radius 3 is 2.36 bits per heavy atom. The first-order chi connectivity index (χ1) is 6.34. The zero-order chi connectivity index (χ0) is 10.9. The van der Waals surface area contributed by atoms with Crippen LogP contribution in [0.1, 0.15) is 15.9 Å². The molecule has 0 saturated heterocycles. The van der Waals surface area contributed by atoms with Crippen LogP contribution in [0.15, 0.2) is 17.1 Å². The van der Waals surface area contributed by atoms with Crippen LogP contribution >= 0.6 is 0 Å². The summed E-state index contributed by atoms with van der Waals surface area (Å²) in [5.74, 6) is -1.90. The molecule has 14 heavy (non-hydrogen) atoms. The molecule has 0 radical (unpaired) electrons. The van der Waals surface area contributed by atoms with E-state index in [1.807, 2.05) is 4.98 Å². The third-order valence-electron chi connectivity index (χ3n) is 1.48. The smallest absolute Gasteiger partial charge is 0.417 e. The number of nitrogens with one attached hydrogen (secondary N) is 1. The van der Waals surface area contributed by atoms with Crippen LogP contribution in [0.4, 0.5) is 13.2 Å². The SMILES string of the molecule is O=C(O)c1c(C(F)(F)F)cc[nH]c1=O. The summed E-state index contributed by atoms with van der Waals surface area (Å²) in [5.41, 5.74) is -4.01. The quantitative estimate of drug-likeness (QED) is 0.724. The number of hydrogen-bond acceptors (Lipinski definition) is 2. The summed E-state index contributed by atoms with van der Waals surface area (Å²) in [4.78, 5) is 23.0. The van der Waals surface area contributed by atoms with E-state index in [1.165, 1.54) is 0 Å². The first-order valence-electron chi connectivity index (χ1n) is 3.36. The fourth-order valence-corrected chi connectivity index (χ4v) is 0.927. The summed E-state index contributed by atoms with van der Waals surface area (Å²) in [6, 6.07) is 0.505. The van der Waals surface area contributed by atoms with Gasteiger partial charge >= 0.3 is 12.1 Å². The summed E-state index contributed by atoms with van der Waals surface area (Å²) in [6.07, 6.45) is -4.10. The predicted molar refractivity (Wildman–Crippen MR) is 39.0 cm³/mol. The van der Waals surface area contributed by atoms with Crippen molar-refractivity contribution >= 4 is 5.97 Å². The summed E-state index contributed by atoms with van der Waals surface area (Å²) in [5, 5.41) is 8.39. The van der Waals surface area contributed by atoms with Crippen LogP contribution in [-0.2, 0) is 6.18 Å². The largest absolute Gasteiger partial charge is 0.477 e. The van der Waals surface area contributed by atoms with E-state index in [4.69, 9.17) is 5.11 Å². The molecule has 0 bridgehead atoms. The minimum Gasteiger partial charge on any atom is -0.477 e. The fraction of sp³-hybridized carbons (Fsp3) is 0.143. The van der Waals surface area contributed by atoms with Gasteiger partial charge in [0.15, 0.2) is 0 Å². The van der Waals surface area contributed by atoms with Gasteiger partial charge in [-0.15, -0.1) is 0 Å². The van der Waals surface area contributed by atoms with Crippen molar-refractivity contribution in [1.82, 2.24) is 4.98 Å². The Morgan fingerprint density at radius 1 is 1.43 bits per heavy atom. The maximum absolute atomic E-state index is 12.2. The van der Waals surface area contributed by atoms with Crippen molar-refractivity contribution in [3.63, 3.8) is 0 Å². The molecule has 0 unspecified atom stereocenters. The number of pyridine rings is 1. The number of alkyl halides is 3. The third-order valence-corrected chi connectivity index (χ3v) is 1.48. The van der Waals surface area contributed by atoms with E-state index in [9.17, 15) is 22.8 Å². The van der Waals surface area contributed by atoms with Crippen LogP contribution in [0.3, 0.4) is 0 Å². The third kappa shape index (κ3) is 1.76. The number of aromatic nitrogens is 1. The highest BCUT2D eigenvalue weighted by Crippen LogP contribution is 2.30. The van der Waals surface area contributed by atoms with Crippen molar-refractivity contribution < 1.29 is 23.1 Å². The second-order valence-corrected chi connectivity index (χ2v) is 2.40. The van der Waals surface area contributed by atoms with Gasteiger partial charge in [0, 0.05) is 6.20 Å². The van der Waals surface area contributed by atoms with Gasteiger partial charge in [-0.25, -0.2) is 4.79 Å². The lowest BCUT2D eigenvalue weighted by Crippen LogP contribution is -2.24. The second-order valence-electron chi connectivity index (χ2n) is 2.40. The fourth-order valence-electron chi connectivity index (χ4n) is 0.927. The molecule has 2 N–H and O–H groups in total. The van der Waals surface area contributed by atoms with Crippen LogP contribution in [0.5, 0.6) is 0 Å². The molecule has 0 atom stereocenters. The number of H-pyrrole nitrogens is 1. The Morgan fingerprint density at radius 2 is 2.00 bits per heavy atom. The summed E-state index contributed by atoms with van der Waals surface area (Å²) >= 11 is 0. The topological polar surface area (TPSA) is 70.2 Å². The number of carboxylic acid groups (broad SMARTS) is 1. The number of hydrogen-bond donors (Lipinski definition) is 2. The minimum absolute atomic E-state index is 0.505. The summed E-state index contributed by atoms with van der Waals surface area (Å²) in [7, 11) is 0. The Bertz CT molecular complexity index is 421. The molecular weight excluding hydrogens is 203 g/mol. The molecule has 0 aliphatic heterocycles. The van der Waals surface area contributed by atoms with E-state index in [-0.39, 0.29) is 0 Å². The van der Waals surface area contributed by atoms with Crippen molar-refractivity contribution in [1.29, 1.82) is 0 Å². The maximum Gasteiger partial charge on any atom is 0.417 e. The number of carbonyl (C=O) groups is 1. The maximum atomic E-state index is 12.2. The first kappa shape index (κ1) is 10.3. The molecule has 0 fully saturated rings. The van der Waals surface area contributed by atoms with Crippen LogP contribution in [0.25, 0.3) is 0 Å². The van der Waals surface area contributed by atoms with Crippen LogP contribution in [-0.4, -0.2) is 16.1 Å². The molecule has 4 nitrogen and oxygen atoms in total. The highest BCUT2D eigenvalue weighted by molar-refractivity contribution is 5.89. The van der Waals surface area contributed by atoms with Gasteiger partial charge in [-0.1, -0.05) is 0 Å². The molecule has 0 aromatic carbocycles. The van der Waals surface area contributed by atoms with E-state index in [0.717, 1.165) is 6.20 Å². The van der Waals surface area contributed by atoms with Gasteiger partial charge in [-0.2, -0.15) is 13.2 Å². The van der Waals surface area contributed by atoms with Crippen molar-refractivity contribution in [2.24, 2.45) is 0 Å². The Kier molecular flexibility index (Phi) is 2.33. The van der Waals surface area contributed by atoms with Crippen molar-refractivity contribution in [2.75, 3.05) is 0 Å². The van der Waals surface area contributed by atoms with Gasteiger partial charge in [0.25, 0.3) is 5.56 Å². The average molecular weight is 207 g/mol. The molecule has 0 saturated carbocycles. The van der Waals surface area contributed by atoms with E-state index < -0.39 is 28.8 Å². The molecular formula is C7H4F3NO3. The summed E-state index contributed by atoms with van der Waals surface area (Å²) in [6.45, 7) is 0. The Labute approximate surface area is 75.0 Å². The van der Waals surface area contributed by atoms with Gasteiger partial charge in [0.1, 0.15) is 5.56 Å². The summed E-state index contributed by atoms with van der Waals surface area (Å²) < 4.78 is 36.5. The van der Waals surface area contributed by atoms with Gasteiger partial charge in [0.05, 0.1) is 5.56 Å². The average Bonchev–Trinajstić information content (AvgIpc) is 2.01. The lowest BCUT2D eigenvalue weighted by Gasteiger charge is -2.07. The Balaban J connectivity index is 3.52. The molecule has 1 rings (SSSR count). The normalized spacial score (nSPS) is 11.4. The number of aromatic amines is 1. The molecule has 1 aromatic rings. The van der Waals surface area contributed by atoms with E-state index in [1.54, 1.807) is 0 Å². The number of carboxylic acids is 1. The highest BCUT2D eigenvalue weighted by Gasteiger charge is 2.36. The molecule has 0 aliphatic rings. The molecule has 0 spiro atoms. The highest BCUT2D eigenvalue weighted by atomic mass is 19.4. The predicted octanol–water partition coefficient (Wildman–Crippen LogP) is 1.09. The first-order valence-corrected chi connectivity index (χ1v) is 3.36. The van der Waals surface area contributed by atoms with Gasteiger partial charge in [-0.3, -0.25) is 4.79 Å². The Hall–Kier alpha value is -1.79. The zero-order valence-electron chi connectivity index (χ0n) is 6.55. The van der Waals surface area contributed by atoms with Gasteiger partial charge < -0.3 is 10.1 Å². The molecule has 1 aromatic heterocycles. The number of aromatic carboxylic acids is 1. The molecule has 0 aliphatic carbocycles. The lowest BCUT2D eigenvalue weighted by atomic mass is 10.1. The van der Waals surface area contributed by atoms with E-state index >= 15 is 0 Å². The van der Waals surface area contributed by atoms with Crippen molar-refractivity contribution in [3.8, 4) is 0 Å². The molecule has 0 amide bonds. The second kappa shape index (κ2) is 3.17. The number of halogens is 3. The van der Waals surface area contributed by atoms with Gasteiger partial charge in [-0.05, 0) is 6.07 Å². The molecule has 7 heteroatoms. The lowest BCUT2D eigenvalue weighted by molar-refractivity contribution is -0.138. The number of rotatable bonds is 1. The molecule has 76 valence electrons. The van der Waals surface area contributed by atoms with Crippen LogP contribution in [0.2, 0.25) is 0 Å². The van der Waals surface area contributed by atoms with E-state index in [0.29, 0.717) is 6.07 Å². The van der Waals surface area contributed by atoms with Crippen molar-refractivity contribution in [3.05, 3.63) is 33.7 Å².